The van der Waals surface area contributed by atoms with E-state index in [1.165, 1.54) is 0 Å². The van der Waals surface area contributed by atoms with Crippen molar-refractivity contribution in [3.63, 3.8) is 0 Å². The number of aliphatic hydroxyl groups is 1. The summed E-state index contributed by atoms with van der Waals surface area (Å²) in [6, 6.07) is 11.6. The molecule has 0 aliphatic heterocycles. The fourth-order valence-electron chi connectivity index (χ4n) is 2.58. The first kappa shape index (κ1) is 19.7. The van der Waals surface area contributed by atoms with Crippen LogP contribution in [0.5, 0.6) is 11.5 Å². The Balaban J connectivity index is 1.42. The molecule has 1 aromatic carbocycles. The molecule has 1 N–H and O–H groups in total. The smallest absolute Gasteiger partial charge is 0.138 e. The van der Waals surface area contributed by atoms with Crippen LogP contribution in [0.15, 0.2) is 47.1 Å². The van der Waals surface area contributed by atoms with E-state index in [1.807, 2.05) is 43.3 Å². The minimum Gasteiger partial charge on any atom is -0.490 e. The van der Waals surface area contributed by atoms with E-state index >= 15 is 0 Å². The minimum absolute atomic E-state index is 0.00744. The summed E-state index contributed by atoms with van der Waals surface area (Å²) >= 11 is 3.42. The predicted octanol–water partition coefficient (Wildman–Crippen LogP) is 3.58. The van der Waals surface area contributed by atoms with Gasteiger partial charge in [-0.15, -0.1) is 0 Å². The number of nitrogens with zero attached hydrogens (tertiary/aromatic N) is 1. The third-order valence-electron chi connectivity index (χ3n) is 4.07. The Kier molecular flexibility index (Phi) is 7.11. The lowest BCUT2D eigenvalue weighted by Gasteiger charge is -2.35. The summed E-state index contributed by atoms with van der Waals surface area (Å²) in [4.78, 5) is 4.30. The van der Waals surface area contributed by atoms with Gasteiger partial charge in [0, 0.05) is 17.3 Å². The quantitative estimate of drug-likeness (QED) is 0.678. The van der Waals surface area contributed by atoms with Crippen molar-refractivity contribution in [1.82, 2.24) is 4.98 Å². The molecule has 1 atom stereocenters. The maximum atomic E-state index is 8.72. The second-order valence-electron chi connectivity index (χ2n) is 6.29. The fraction of sp³-hybridized carbons (Fsp3) is 0.381. The summed E-state index contributed by atoms with van der Waals surface area (Å²) in [5, 5.41) is 8.72. The molecule has 0 bridgehead atoms. The number of rotatable bonds is 7. The van der Waals surface area contributed by atoms with Gasteiger partial charge in [-0.1, -0.05) is 21.9 Å². The minimum atomic E-state index is -0.243. The number of aliphatic hydroxyl groups excluding tert-OH is 1. The lowest BCUT2D eigenvalue weighted by atomic mass is 9.92. The van der Waals surface area contributed by atoms with Gasteiger partial charge >= 0.3 is 0 Å². The van der Waals surface area contributed by atoms with E-state index in [4.69, 9.17) is 19.3 Å². The highest BCUT2D eigenvalue weighted by molar-refractivity contribution is 9.10. The van der Waals surface area contributed by atoms with Crippen LogP contribution >= 0.6 is 15.9 Å². The van der Waals surface area contributed by atoms with Gasteiger partial charge < -0.3 is 19.3 Å². The molecule has 0 spiro atoms. The van der Waals surface area contributed by atoms with Gasteiger partial charge in [-0.25, -0.2) is 4.98 Å². The molecule has 27 heavy (non-hydrogen) atoms. The maximum absolute atomic E-state index is 8.72. The Morgan fingerprint density at radius 3 is 2.41 bits per heavy atom. The van der Waals surface area contributed by atoms with Crippen molar-refractivity contribution in [3.05, 3.63) is 52.8 Å². The first-order valence-corrected chi connectivity index (χ1v) is 9.70. The van der Waals surface area contributed by atoms with Crippen LogP contribution in [-0.2, 0) is 4.74 Å². The SMILES string of the molecule is CC(C#Cc1ccc(OC2CC(Oc3ccc(Br)cc3)C2)cn1)OCCO. The monoisotopic (exact) mass is 431 g/mol. The van der Waals surface area contributed by atoms with Gasteiger partial charge in [0.05, 0.1) is 19.4 Å². The first-order chi connectivity index (χ1) is 13.1. The van der Waals surface area contributed by atoms with Crippen molar-refractivity contribution in [2.24, 2.45) is 0 Å². The molecule has 6 heteroatoms. The molecule has 0 amide bonds. The molecule has 1 fully saturated rings. The largest absolute Gasteiger partial charge is 0.490 e. The van der Waals surface area contributed by atoms with E-state index in [1.54, 1.807) is 6.20 Å². The maximum Gasteiger partial charge on any atom is 0.138 e. The molecule has 1 unspecified atom stereocenters. The van der Waals surface area contributed by atoms with Crippen molar-refractivity contribution in [3.8, 4) is 23.3 Å². The molecular formula is C21H22BrNO4. The third kappa shape index (κ3) is 6.24. The van der Waals surface area contributed by atoms with Crippen LogP contribution in [-0.4, -0.2) is 41.6 Å². The zero-order chi connectivity index (χ0) is 19.1. The Labute approximate surface area is 167 Å². The van der Waals surface area contributed by atoms with Crippen molar-refractivity contribution >= 4 is 15.9 Å². The molecule has 1 heterocycles. The number of pyridine rings is 1. The van der Waals surface area contributed by atoms with Crippen LogP contribution in [0.25, 0.3) is 0 Å². The summed E-state index contributed by atoms with van der Waals surface area (Å²) in [5.74, 6) is 7.51. The van der Waals surface area contributed by atoms with Crippen molar-refractivity contribution in [1.29, 1.82) is 0 Å². The Morgan fingerprint density at radius 2 is 1.78 bits per heavy atom. The van der Waals surface area contributed by atoms with Gasteiger partial charge in [0.1, 0.15) is 35.5 Å². The molecular weight excluding hydrogens is 410 g/mol. The van der Waals surface area contributed by atoms with Crippen LogP contribution in [0, 0.1) is 11.8 Å². The number of hydrogen-bond donors (Lipinski definition) is 1. The van der Waals surface area contributed by atoms with Gasteiger partial charge in [0.25, 0.3) is 0 Å². The Bertz CT molecular complexity index is 777. The Morgan fingerprint density at radius 1 is 1.11 bits per heavy atom. The number of aromatic nitrogens is 1. The zero-order valence-corrected chi connectivity index (χ0v) is 16.7. The highest BCUT2D eigenvalue weighted by atomic mass is 79.9. The standard InChI is InChI=1S/C21H22BrNO4/c1-15(25-11-10-24)2-5-17-6-9-19(14-23-17)27-21-12-20(13-21)26-18-7-3-16(22)4-8-18/h3-4,6-9,14-15,20-21,24H,10-13H2,1H3. The van der Waals surface area contributed by atoms with Crippen molar-refractivity contribution in [2.75, 3.05) is 13.2 Å². The van der Waals surface area contributed by atoms with Gasteiger partial charge in [0.15, 0.2) is 0 Å². The first-order valence-electron chi connectivity index (χ1n) is 8.91. The molecule has 142 valence electrons. The number of halogens is 1. The molecule has 0 saturated heterocycles. The molecule has 1 saturated carbocycles. The van der Waals surface area contributed by atoms with Crippen LogP contribution < -0.4 is 9.47 Å². The van der Waals surface area contributed by atoms with E-state index in [-0.39, 0.29) is 31.5 Å². The molecule has 2 aromatic rings. The highest BCUT2D eigenvalue weighted by Gasteiger charge is 2.32. The predicted molar refractivity (Wildman–Crippen MR) is 106 cm³/mol. The fourth-order valence-corrected chi connectivity index (χ4v) is 2.84. The van der Waals surface area contributed by atoms with Gasteiger partial charge in [-0.05, 0) is 49.2 Å². The van der Waals surface area contributed by atoms with E-state index < -0.39 is 0 Å². The summed E-state index contributed by atoms with van der Waals surface area (Å²) < 4.78 is 18.2. The number of ether oxygens (including phenoxy) is 3. The van der Waals surface area contributed by atoms with Gasteiger partial charge in [-0.3, -0.25) is 0 Å². The summed E-state index contributed by atoms with van der Waals surface area (Å²) in [6.07, 6.45) is 3.50. The van der Waals surface area contributed by atoms with Crippen molar-refractivity contribution in [2.45, 2.75) is 38.1 Å². The molecule has 0 radical (unpaired) electrons. The lowest BCUT2D eigenvalue weighted by molar-refractivity contribution is 0.00437. The Hall–Kier alpha value is -2.07. The van der Waals surface area contributed by atoms with E-state index in [0.717, 1.165) is 28.8 Å². The zero-order valence-electron chi connectivity index (χ0n) is 15.1. The van der Waals surface area contributed by atoms with Crippen LogP contribution in [0.1, 0.15) is 25.5 Å². The molecule has 1 aromatic heterocycles. The average Bonchev–Trinajstić information content (AvgIpc) is 2.65. The molecule has 1 aliphatic rings. The van der Waals surface area contributed by atoms with Crippen LogP contribution in [0.3, 0.4) is 0 Å². The van der Waals surface area contributed by atoms with Gasteiger partial charge in [0.2, 0.25) is 0 Å². The van der Waals surface area contributed by atoms with Crippen LogP contribution in [0.2, 0.25) is 0 Å². The van der Waals surface area contributed by atoms with Crippen molar-refractivity contribution < 1.29 is 19.3 Å². The number of benzene rings is 1. The topological polar surface area (TPSA) is 60.8 Å². The average molecular weight is 432 g/mol. The second-order valence-corrected chi connectivity index (χ2v) is 7.21. The van der Waals surface area contributed by atoms with Gasteiger partial charge in [-0.2, -0.15) is 0 Å². The highest BCUT2D eigenvalue weighted by Crippen LogP contribution is 2.30. The molecule has 1 aliphatic carbocycles. The van der Waals surface area contributed by atoms with E-state index in [2.05, 4.69) is 32.8 Å². The summed E-state index contributed by atoms with van der Waals surface area (Å²) in [5.41, 5.74) is 0.659. The molecule has 5 nitrogen and oxygen atoms in total. The third-order valence-corrected chi connectivity index (χ3v) is 4.60. The normalized spacial score (nSPS) is 19.4. The summed E-state index contributed by atoms with van der Waals surface area (Å²) in [7, 11) is 0. The number of hydrogen-bond acceptors (Lipinski definition) is 5. The van der Waals surface area contributed by atoms with E-state index in [0.29, 0.717) is 5.69 Å². The molecule has 3 rings (SSSR count). The lowest BCUT2D eigenvalue weighted by Crippen LogP contribution is -2.41. The van der Waals surface area contributed by atoms with Crippen LogP contribution in [0.4, 0.5) is 0 Å². The van der Waals surface area contributed by atoms with E-state index in [9.17, 15) is 0 Å². The summed E-state index contributed by atoms with van der Waals surface area (Å²) in [6.45, 7) is 2.11. The second kappa shape index (κ2) is 9.75.